The number of aryl methyl sites for hydroxylation is 1. The number of nitrogens with zero attached hydrogens (tertiary/aromatic N) is 1. The zero-order valence-corrected chi connectivity index (χ0v) is 13.4. The molecule has 0 radical (unpaired) electrons. The number of ether oxygens (including phenoxy) is 1. The van der Waals surface area contributed by atoms with E-state index < -0.39 is 0 Å². The smallest absolute Gasteiger partial charge is 0.207 e. The summed E-state index contributed by atoms with van der Waals surface area (Å²) in [5.74, 6) is 0.958. The van der Waals surface area contributed by atoms with E-state index in [0.29, 0.717) is 11.3 Å². The molecule has 0 saturated carbocycles. The molecule has 0 aliphatic heterocycles. The van der Waals surface area contributed by atoms with E-state index in [1.165, 1.54) is 6.26 Å². The van der Waals surface area contributed by atoms with Crippen LogP contribution in [-0.4, -0.2) is 12.9 Å². The van der Waals surface area contributed by atoms with Gasteiger partial charge in [0.05, 0.1) is 18.9 Å². The van der Waals surface area contributed by atoms with Gasteiger partial charge in [0.1, 0.15) is 23.2 Å². The maximum atomic E-state index is 12.4. The van der Waals surface area contributed by atoms with Crippen molar-refractivity contribution in [3.05, 3.63) is 71.2 Å². The maximum absolute atomic E-state index is 12.4. The maximum Gasteiger partial charge on any atom is 0.207 e. The minimum absolute atomic E-state index is 0.0763. The Hall–Kier alpha value is -3.32. The Balaban J connectivity index is 1.99. The highest BCUT2D eigenvalue weighted by Crippen LogP contribution is 2.23. The average molecular weight is 317 g/mol. The molecule has 0 bridgehead atoms. The van der Waals surface area contributed by atoms with E-state index >= 15 is 0 Å². The molecule has 4 nitrogen and oxygen atoms in total. The van der Waals surface area contributed by atoms with Gasteiger partial charge < -0.3 is 9.15 Å². The van der Waals surface area contributed by atoms with E-state index in [1.54, 1.807) is 26.2 Å². The van der Waals surface area contributed by atoms with Gasteiger partial charge in [-0.2, -0.15) is 5.26 Å². The first-order valence-corrected chi connectivity index (χ1v) is 7.41. The molecule has 0 N–H and O–H groups in total. The molecule has 0 fully saturated rings. The molecule has 3 rings (SSSR count). The van der Waals surface area contributed by atoms with E-state index in [1.807, 2.05) is 42.5 Å². The van der Waals surface area contributed by atoms with E-state index in [0.717, 1.165) is 22.1 Å². The number of nitriles is 1. The molecular formula is C20H15NO3. The fourth-order valence-corrected chi connectivity index (χ4v) is 2.54. The monoisotopic (exact) mass is 317 g/mol. The number of carbonyl (C=O) groups is 1. The summed E-state index contributed by atoms with van der Waals surface area (Å²) in [6.07, 6.45) is 3.04. The molecule has 0 aliphatic rings. The number of Topliss-reactive ketones (excluding diaryl/α,β-unsaturated/α-hetero) is 1. The Morgan fingerprint density at radius 2 is 1.92 bits per heavy atom. The van der Waals surface area contributed by atoms with Gasteiger partial charge in [0.2, 0.25) is 5.78 Å². The largest absolute Gasteiger partial charge is 0.497 e. The van der Waals surface area contributed by atoms with Crippen molar-refractivity contribution in [1.82, 2.24) is 0 Å². The lowest BCUT2D eigenvalue weighted by molar-refractivity contribution is 0.103. The highest BCUT2D eigenvalue weighted by Gasteiger charge is 2.16. The molecular weight excluding hydrogens is 302 g/mol. The number of furan rings is 1. The average Bonchev–Trinajstić information content (AvgIpc) is 3.04. The number of hydrogen-bond donors (Lipinski definition) is 0. The van der Waals surface area contributed by atoms with Crippen molar-refractivity contribution in [3.8, 4) is 11.8 Å². The predicted molar refractivity (Wildman–Crippen MR) is 91.9 cm³/mol. The van der Waals surface area contributed by atoms with E-state index in [2.05, 4.69) is 0 Å². The molecule has 24 heavy (non-hydrogen) atoms. The Morgan fingerprint density at radius 3 is 2.58 bits per heavy atom. The second-order valence-electron chi connectivity index (χ2n) is 5.36. The van der Waals surface area contributed by atoms with Crippen LogP contribution >= 0.6 is 0 Å². The fourth-order valence-electron chi connectivity index (χ4n) is 2.54. The lowest BCUT2D eigenvalue weighted by Gasteiger charge is -2.04. The second-order valence-corrected chi connectivity index (χ2v) is 5.36. The molecule has 0 aliphatic carbocycles. The molecule has 2 aromatic carbocycles. The first-order chi connectivity index (χ1) is 11.6. The second kappa shape index (κ2) is 6.43. The highest BCUT2D eigenvalue weighted by atomic mass is 16.5. The van der Waals surface area contributed by atoms with Gasteiger partial charge in [-0.15, -0.1) is 0 Å². The zero-order valence-electron chi connectivity index (χ0n) is 13.4. The number of ketones is 1. The molecule has 0 saturated heterocycles. The third-order valence-electron chi connectivity index (χ3n) is 3.85. The van der Waals surface area contributed by atoms with Crippen LogP contribution in [-0.2, 0) is 0 Å². The van der Waals surface area contributed by atoms with Crippen molar-refractivity contribution in [2.75, 3.05) is 7.11 Å². The Bertz CT molecular complexity index is 990. The van der Waals surface area contributed by atoms with E-state index in [-0.39, 0.29) is 11.4 Å². The first-order valence-electron chi connectivity index (χ1n) is 7.41. The Labute approximate surface area is 139 Å². The van der Waals surface area contributed by atoms with Gasteiger partial charge in [0.25, 0.3) is 0 Å². The Morgan fingerprint density at radius 1 is 1.17 bits per heavy atom. The molecule has 0 spiro atoms. The van der Waals surface area contributed by atoms with Crippen molar-refractivity contribution in [3.63, 3.8) is 0 Å². The van der Waals surface area contributed by atoms with Crippen LogP contribution in [0.2, 0.25) is 0 Å². The van der Waals surface area contributed by atoms with E-state index in [9.17, 15) is 10.1 Å². The predicted octanol–water partition coefficient (Wildman–Crippen LogP) is 4.54. The summed E-state index contributed by atoms with van der Waals surface area (Å²) in [5, 5.41) is 11.4. The van der Waals surface area contributed by atoms with Gasteiger partial charge in [-0.25, -0.2) is 0 Å². The standard InChI is InChI=1S/C20H15NO3/c1-13-19(7-8-24-13)20(22)17(12-21)10-14-3-4-16-11-18(23-2)6-5-15(16)9-14/h3-11H,1-2H3/b17-10+. The lowest BCUT2D eigenvalue weighted by Crippen LogP contribution is -2.02. The van der Waals surface area contributed by atoms with Crippen molar-refractivity contribution in [2.45, 2.75) is 6.92 Å². The minimum atomic E-state index is -0.335. The number of rotatable bonds is 4. The van der Waals surface area contributed by atoms with Crippen LogP contribution in [0.25, 0.3) is 16.8 Å². The van der Waals surface area contributed by atoms with Crippen LogP contribution in [0.5, 0.6) is 5.75 Å². The van der Waals surface area contributed by atoms with Crippen molar-refractivity contribution in [1.29, 1.82) is 5.26 Å². The third kappa shape index (κ3) is 2.92. The molecule has 0 unspecified atom stereocenters. The summed E-state index contributed by atoms with van der Waals surface area (Å²) in [6.45, 7) is 1.70. The summed E-state index contributed by atoms with van der Waals surface area (Å²) in [4.78, 5) is 12.4. The third-order valence-corrected chi connectivity index (χ3v) is 3.85. The normalized spacial score (nSPS) is 11.3. The first kappa shape index (κ1) is 15.6. The summed E-state index contributed by atoms with van der Waals surface area (Å²) < 4.78 is 10.4. The van der Waals surface area contributed by atoms with Crippen LogP contribution in [0.15, 0.2) is 58.7 Å². The molecule has 1 heterocycles. The van der Waals surface area contributed by atoms with Crippen LogP contribution in [0.1, 0.15) is 21.7 Å². The summed E-state index contributed by atoms with van der Waals surface area (Å²) in [7, 11) is 1.63. The topological polar surface area (TPSA) is 63.2 Å². The van der Waals surface area contributed by atoms with Crippen LogP contribution in [0.3, 0.4) is 0 Å². The molecule has 3 aromatic rings. The van der Waals surface area contributed by atoms with Crippen LogP contribution in [0, 0.1) is 18.3 Å². The quantitative estimate of drug-likeness (QED) is 0.402. The number of allylic oxidation sites excluding steroid dienone is 1. The van der Waals surface area contributed by atoms with Gasteiger partial charge in [-0.1, -0.05) is 18.2 Å². The molecule has 0 atom stereocenters. The number of methoxy groups -OCH3 is 1. The number of benzene rings is 2. The van der Waals surface area contributed by atoms with Crippen LogP contribution in [0.4, 0.5) is 0 Å². The minimum Gasteiger partial charge on any atom is -0.497 e. The van der Waals surface area contributed by atoms with Gasteiger partial charge in [0, 0.05) is 0 Å². The summed E-state index contributed by atoms with van der Waals surface area (Å²) in [6, 6.07) is 15.1. The molecule has 118 valence electrons. The number of carbonyl (C=O) groups excluding carboxylic acids is 1. The lowest BCUT2D eigenvalue weighted by atomic mass is 10.0. The van der Waals surface area contributed by atoms with Gasteiger partial charge in [-0.3, -0.25) is 4.79 Å². The molecule has 1 aromatic heterocycles. The fraction of sp³-hybridized carbons (Fsp3) is 0.100. The molecule has 0 amide bonds. The zero-order chi connectivity index (χ0) is 17.1. The van der Waals surface area contributed by atoms with Gasteiger partial charge >= 0.3 is 0 Å². The molecule has 4 heteroatoms. The Kier molecular flexibility index (Phi) is 4.17. The van der Waals surface area contributed by atoms with Crippen molar-refractivity contribution < 1.29 is 13.9 Å². The van der Waals surface area contributed by atoms with Gasteiger partial charge in [0.15, 0.2) is 0 Å². The van der Waals surface area contributed by atoms with E-state index in [4.69, 9.17) is 9.15 Å². The number of hydrogen-bond acceptors (Lipinski definition) is 4. The summed E-state index contributed by atoms with van der Waals surface area (Å²) >= 11 is 0. The van der Waals surface area contributed by atoms with Crippen molar-refractivity contribution in [2.24, 2.45) is 0 Å². The van der Waals surface area contributed by atoms with Crippen LogP contribution < -0.4 is 4.74 Å². The SMILES string of the molecule is COc1ccc2cc(/C=C(\C#N)C(=O)c3ccoc3C)ccc2c1. The summed E-state index contributed by atoms with van der Waals surface area (Å²) in [5.41, 5.74) is 1.28. The van der Waals surface area contributed by atoms with Crippen molar-refractivity contribution >= 4 is 22.6 Å². The number of fused-ring (bicyclic) bond motifs is 1. The van der Waals surface area contributed by atoms with Gasteiger partial charge in [-0.05, 0) is 53.6 Å². The highest BCUT2D eigenvalue weighted by molar-refractivity contribution is 6.14.